The number of hydrogen-bond acceptors (Lipinski definition) is 5. The average molecular weight is 304 g/mol. The highest BCUT2D eigenvalue weighted by atomic mass is 32.1. The summed E-state index contributed by atoms with van der Waals surface area (Å²) in [5.74, 6) is 2.04. The number of nitrogens with zero attached hydrogens (tertiary/aromatic N) is 1. The van der Waals surface area contributed by atoms with Crippen LogP contribution in [0.4, 0.5) is 0 Å². The van der Waals surface area contributed by atoms with Crippen LogP contribution in [0.5, 0.6) is 11.5 Å². The van der Waals surface area contributed by atoms with Crippen molar-refractivity contribution in [3.8, 4) is 22.8 Å². The Morgan fingerprint density at radius 2 is 2.05 bits per heavy atom. The Balaban J connectivity index is 1.96. The first kappa shape index (κ1) is 14.4. The molecule has 1 aromatic carbocycles. The van der Waals surface area contributed by atoms with E-state index in [1.54, 1.807) is 25.6 Å². The molecule has 0 radical (unpaired) electrons. The molecule has 5 heteroatoms. The molecule has 0 amide bonds. The van der Waals surface area contributed by atoms with Gasteiger partial charge in [-0.05, 0) is 38.1 Å². The van der Waals surface area contributed by atoms with Gasteiger partial charge in [-0.15, -0.1) is 11.3 Å². The number of methoxy groups -OCH3 is 2. The summed E-state index contributed by atoms with van der Waals surface area (Å²) in [5.41, 5.74) is 2.14. The third kappa shape index (κ3) is 2.76. The molecule has 1 unspecified atom stereocenters. The largest absolute Gasteiger partial charge is 0.493 e. The number of aromatic nitrogens is 1. The van der Waals surface area contributed by atoms with E-state index >= 15 is 0 Å². The summed E-state index contributed by atoms with van der Waals surface area (Å²) >= 11 is 1.81. The van der Waals surface area contributed by atoms with Crippen LogP contribution in [0.3, 0.4) is 0 Å². The molecule has 1 aromatic heterocycles. The molecule has 1 fully saturated rings. The predicted octanol–water partition coefficient (Wildman–Crippen LogP) is 3.21. The molecule has 2 heterocycles. The second-order valence-corrected chi connectivity index (χ2v) is 6.45. The number of hydrogen-bond donors (Lipinski definition) is 1. The van der Waals surface area contributed by atoms with Crippen molar-refractivity contribution in [1.29, 1.82) is 0 Å². The van der Waals surface area contributed by atoms with Crippen molar-refractivity contribution >= 4 is 11.3 Å². The van der Waals surface area contributed by atoms with Gasteiger partial charge in [0.1, 0.15) is 0 Å². The van der Waals surface area contributed by atoms with Gasteiger partial charge >= 0.3 is 0 Å². The van der Waals surface area contributed by atoms with Crippen molar-refractivity contribution in [1.82, 2.24) is 10.3 Å². The first-order valence-corrected chi connectivity index (χ1v) is 7.95. The highest BCUT2D eigenvalue weighted by Gasteiger charge is 2.22. The standard InChI is InChI=1S/C16H20N2O2S/c1-10-15(18-16(21-10)12-6-7-17-9-12)11-4-5-13(19-2)14(8-11)20-3/h4-5,8,12,17H,6-7,9H2,1-3H3. The van der Waals surface area contributed by atoms with E-state index in [-0.39, 0.29) is 0 Å². The van der Waals surface area contributed by atoms with E-state index in [4.69, 9.17) is 14.5 Å². The molecule has 1 N–H and O–H groups in total. The van der Waals surface area contributed by atoms with E-state index in [1.165, 1.54) is 16.3 Å². The Hall–Kier alpha value is -1.59. The molecular weight excluding hydrogens is 284 g/mol. The molecule has 4 nitrogen and oxygen atoms in total. The van der Waals surface area contributed by atoms with E-state index in [0.717, 1.165) is 35.8 Å². The zero-order chi connectivity index (χ0) is 14.8. The van der Waals surface area contributed by atoms with Crippen molar-refractivity contribution in [2.24, 2.45) is 0 Å². The quantitative estimate of drug-likeness (QED) is 0.942. The minimum Gasteiger partial charge on any atom is -0.493 e. The summed E-state index contributed by atoms with van der Waals surface area (Å²) in [6, 6.07) is 5.97. The molecule has 1 saturated heterocycles. The van der Waals surface area contributed by atoms with Gasteiger partial charge in [-0.25, -0.2) is 4.98 Å². The Morgan fingerprint density at radius 3 is 2.71 bits per heavy atom. The highest BCUT2D eigenvalue weighted by Crippen LogP contribution is 2.37. The topological polar surface area (TPSA) is 43.4 Å². The Kier molecular flexibility index (Phi) is 4.12. The second-order valence-electron chi connectivity index (χ2n) is 5.22. The molecule has 0 spiro atoms. The van der Waals surface area contributed by atoms with Crippen LogP contribution >= 0.6 is 11.3 Å². The minimum absolute atomic E-state index is 0.558. The monoisotopic (exact) mass is 304 g/mol. The van der Waals surface area contributed by atoms with Gasteiger partial charge < -0.3 is 14.8 Å². The zero-order valence-electron chi connectivity index (χ0n) is 12.6. The third-order valence-electron chi connectivity index (χ3n) is 3.88. The van der Waals surface area contributed by atoms with Gasteiger partial charge in [-0.2, -0.15) is 0 Å². The number of ether oxygens (including phenoxy) is 2. The van der Waals surface area contributed by atoms with Gasteiger partial charge in [-0.1, -0.05) is 0 Å². The number of rotatable bonds is 4. The Bertz CT molecular complexity index is 633. The molecule has 0 saturated carbocycles. The fourth-order valence-electron chi connectivity index (χ4n) is 2.71. The highest BCUT2D eigenvalue weighted by molar-refractivity contribution is 7.12. The lowest BCUT2D eigenvalue weighted by Crippen LogP contribution is -2.07. The van der Waals surface area contributed by atoms with E-state index in [9.17, 15) is 0 Å². The Morgan fingerprint density at radius 1 is 1.24 bits per heavy atom. The molecule has 0 aliphatic carbocycles. The van der Waals surface area contributed by atoms with E-state index in [0.29, 0.717) is 5.92 Å². The van der Waals surface area contributed by atoms with E-state index < -0.39 is 0 Å². The van der Waals surface area contributed by atoms with E-state index in [2.05, 4.69) is 12.2 Å². The van der Waals surface area contributed by atoms with Crippen molar-refractivity contribution in [2.45, 2.75) is 19.3 Å². The third-order valence-corrected chi connectivity index (χ3v) is 5.01. The molecular formula is C16H20N2O2S. The molecule has 2 aromatic rings. The van der Waals surface area contributed by atoms with Gasteiger partial charge in [0.15, 0.2) is 11.5 Å². The van der Waals surface area contributed by atoms with E-state index in [1.807, 2.05) is 18.2 Å². The molecule has 21 heavy (non-hydrogen) atoms. The van der Waals surface area contributed by atoms with Gasteiger partial charge in [0.2, 0.25) is 0 Å². The fourth-order valence-corrected chi connectivity index (χ4v) is 3.79. The average Bonchev–Trinajstić information content (AvgIpc) is 3.15. The lowest BCUT2D eigenvalue weighted by molar-refractivity contribution is 0.355. The molecule has 0 bridgehead atoms. The second kappa shape index (κ2) is 6.03. The van der Waals surface area contributed by atoms with Crippen molar-refractivity contribution in [3.63, 3.8) is 0 Å². The van der Waals surface area contributed by atoms with Crippen LogP contribution in [0.15, 0.2) is 18.2 Å². The SMILES string of the molecule is COc1ccc(-c2nc(C3CCNC3)sc2C)cc1OC. The Labute approximate surface area is 129 Å². The van der Waals surface area contributed by atoms with Crippen molar-refractivity contribution < 1.29 is 9.47 Å². The first-order chi connectivity index (χ1) is 10.2. The van der Waals surface area contributed by atoms with Crippen molar-refractivity contribution in [2.75, 3.05) is 27.3 Å². The summed E-state index contributed by atoms with van der Waals surface area (Å²) in [6.07, 6.45) is 1.18. The summed E-state index contributed by atoms with van der Waals surface area (Å²) < 4.78 is 10.7. The van der Waals surface area contributed by atoms with Crippen molar-refractivity contribution in [3.05, 3.63) is 28.1 Å². The number of thiazole rings is 1. The number of benzene rings is 1. The summed E-state index contributed by atoms with van der Waals surface area (Å²) in [7, 11) is 3.31. The molecule has 1 aliphatic heterocycles. The molecule has 1 atom stereocenters. The summed E-state index contributed by atoms with van der Waals surface area (Å²) in [6.45, 7) is 4.27. The molecule has 112 valence electrons. The van der Waals surface area contributed by atoms with Crippen LogP contribution in [0.25, 0.3) is 11.3 Å². The van der Waals surface area contributed by atoms with Crippen LogP contribution in [-0.4, -0.2) is 32.3 Å². The molecule has 3 rings (SSSR count). The van der Waals surface area contributed by atoms with Gasteiger partial charge in [0, 0.05) is 22.9 Å². The van der Waals surface area contributed by atoms with Crippen LogP contribution < -0.4 is 14.8 Å². The summed E-state index contributed by atoms with van der Waals surface area (Å²) in [4.78, 5) is 6.13. The normalized spacial score (nSPS) is 18.0. The molecule has 1 aliphatic rings. The lowest BCUT2D eigenvalue weighted by atomic mass is 10.1. The maximum absolute atomic E-state index is 5.39. The fraction of sp³-hybridized carbons (Fsp3) is 0.438. The van der Waals surface area contributed by atoms with Gasteiger partial charge in [0.25, 0.3) is 0 Å². The van der Waals surface area contributed by atoms with Crippen LogP contribution in [-0.2, 0) is 0 Å². The number of aryl methyl sites for hydroxylation is 1. The predicted molar refractivity (Wildman–Crippen MR) is 85.6 cm³/mol. The van der Waals surface area contributed by atoms with Crippen LogP contribution in [0, 0.1) is 6.92 Å². The first-order valence-electron chi connectivity index (χ1n) is 7.13. The zero-order valence-corrected chi connectivity index (χ0v) is 13.4. The maximum Gasteiger partial charge on any atom is 0.161 e. The van der Waals surface area contributed by atoms with Gasteiger partial charge in [0.05, 0.1) is 24.9 Å². The van der Waals surface area contributed by atoms with Crippen LogP contribution in [0.1, 0.15) is 22.2 Å². The van der Waals surface area contributed by atoms with Gasteiger partial charge in [-0.3, -0.25) is 0 Å². The number of nitrogens with one attached hydrogen (secondary N) is 1. The smallest absolute Gasteiger partial charge is 0.161 e. The maximum atomic E-state index is 5.39. The lowest BCUT2D eigenvalue weighted by Gasteiger charge is -2.09. The summed E-state index contributed by atoms with van der Waals surface area (Å²) in [5, 5.41) is 4.64. The van der Waals surface area contributed by atoms with Crippen LogP contribution in [0.2, 0.25) is 0 Å². The minimum atomic E-state index is 0.558.